The highest BCUT2D eigenvalue weighted by atomic mass is 16.5. The van der Waals surface area contributed by atoms with Crippen LogP contribution in [0.5, 0.6) is 5.75 Å². The van der Waals surface area contributed by atoms with Crippen molar-refractivity contribution in [3.05, 3.63) is 23.8 Å². The first-order chi connectivity index (χ1) is 7.72. The van der Waals surface area contributed by atoms with Crippen LogP contribution in [-0.4, -0.2) is 12.9 Å². The van der Waals surface area contributed by atoms with E-state index < -0.39 is 0 Å². The molecule has 86 valence electrons. The van der Waals surface area contributed by atoms with Crippen LogP contribution < -0.4 is 10.5 Å². The summed E-state index contributed by atoms with van der Waals surface area (Å²) in [7, 11) is 1.56. The molecular formula is C13H17NO2. The summed E-state index contributed by atoms with van der Waals surface area (Å²) in [5.41, 5.74) is 6.93. The first-order valence-electron chi connectivity index (χ1n) is 5.68. The number of anilines is 1. The summed E-state index contributed by atoms with van der Waals surface area (Å²) in [6.45, 7) is 0. The van der Waals surface area contributed by atoms with Crippen LogP contribution in [0.15, 0.2) is 18.2 Å². The van der Waals surface area contributed by atoms with Gasteiger partial charge in [-0.3, -0.25) is 4.79 Å². The van der Waals surface area contributed by atoms with E-state index in [2.05, 4.69) is 0 Å². The summed E-state index contributed by atoms with van der Waals surface area (Å²) in [5.74, 6) is 1.48. The third-order valence-corrected chi connectivity index (χ3v) is 3.06. The van der Waals surface area contributed by atoms with E-state index in [-0.39, 0.29) is 5.78 Å². The van der Waals surface area contributed by atoms with Crippen molar-refractivity contribution in [1.82, 2.24) is 0 Å². The molecule has 1 aliphatic rings. The summed E-state index contributed by atoms with van der Waals surface area (Å²) in [5, 5.41) is 0. The maximum Gasteiger partial charge on any atom is 0.165 e. The van der Waals surface area contributed by atoms with Crippen molar-refractivity contribution in [3.63, 3.8) is 0 Å². The SMILES string of the molecule is COc1cccc(C(=O)CCC2CC2)c1N. The zero-order valence-corrected chi connectivity index (χ0v) is 9.53. The molecule has 1 fully saturated rings. The standard InChI is InChI=1S/C13H17NO2/c1-16-12-4-2-3-10(13(12)14)11(15)8-7-9-5-6-9/h2-4,9H,5-8,14H2,1H3. The molecule has 0 spiro atoms. The number of methoxy groups -OCH3 is 1. The van der Waals surface area contributed by atoms with Crippen molar-refractivity contribution < 1.29 is 9.53 Å². The lowest BCUT2D eigenvalue weighted by Gasteiger charge is -2.08. The molecule has 1 aromatic rings. The molecule has 2 rings (SSSR count). The summed E-state index contributed by atoms with van der Waals surface area (Å²) >= 11 is 0. The maximum atomic E-state index is 11.9. The van der Waals surface area contributed by atoms with E-state index in [0.29, 0.717) is 23.4 Å². The highest BCUT2D eigenvalue weighted by Gasteiger charge is 2.23. The Balaban J connectivity index is 2.08. The number of nitrogens with two attached hydrogens (primary N) is 1. The number of rotatable bonds is 5. The molecule has 1 saturated carbocycles. The molecular weight excluding hydrogens is 202 g/mol. The van der Waals surface area contributed by atoms with Crippen molar-refractivity contribution in [1.29, 1.82) is 0 Å². The van der Waals surface area contributed by atoms with Crippen molar-refractivity contribution in [2.24, 2.45) is 5.92 Å². The van der Waals surface area contributed by atoms with Crippen LogP contribution in [0.25, 0.3) is 0 Å². The van der Waals surface area contributed by atoms with Gasteiger partial charge in [-0.05, 0) is 24.5 Å². The fourth-order valence-corrected chi connectivity index (χ4v) is 1.84. The van der Waals surface area contributed by atoms with Gasteiger partial charge in [0.15, 0.2) is 5.78 Å². The van der Waals surface area contributed by atoms with Gasteiger partial charge < -0.3 is 10.5 Å². The van der Waals surface area contributed by atoms with Gasteiger partial charge in [0, 0.05) is 12.0 Å². The van der Waals surface area contributed by atoms with E-state index in [9.17, 15) is 4.79 Å². The summed E-state index contributed by atoms with van der Waals surface area (Å²) in [4.78, 5) is 11.9. The molecule has 16 heavy (non-hydrogen) atoms. The molecule has 0 aliphatic heterocycles. The molecule has 0 bridgehead atoms. The number of carbonyl (C=O) groups excluding carboxylic acids is 1. The highest BCUT2D eigenvalue weighted by molar-refractivity contribution is 6.01. The molecule has 0 aromatic heterocycles. The third kappa shape index (κ3) is 2.35. The molecule has 1 aliphatic carbocycles. The Morgan fingerprint density at radius 1 is 1.50 bits per heavy atom. The molecule has 0 amide bonds. The van der Waals surface area contributed by atoms with Gasteiger partial charge in [0.05, 0.1) is 12.8 Å². The second-order valence-electron chi connectivity index (χ2n) is 4.33. The molecule has 0 saturated heterocycles. The number of nitrogen functional groups attached to an aromatic ring is 1. The number of benzene rings is 1. The van der Waals surface area contributed by atoms with Gasteiger partial charge in [0.25, 0.3) is 0 Å². The molecule has 0 radical (unpaired) electrons. The second kappa shape index (κ2) is 4.56. The Morgan fingerprint density at radius 2 is 2.25 bits per heavy atom. The number of carbonyl (C=O) groups is 1. The molecule has 0 atom stereocenters. The van der Waals surface area contributed by atoms with E-state index in [0.717, 1.165) is 12.3 Å². The Labute approximate surface area is 95.6 Å². The predicted octanol–water partition coefficient (Wildman–Crippen LogP) is 2.65. The summed E-state index contributed by atoms with van der Waals surface area (Å²) < 4.78 is 5.10. The largest absolute Gasteiger partial charge is 0.495 e. The molecule has 0 heterocycles. The van der Waals surface area contributed by atoms with Gasteiger partial charge in [-0.25, -0.2) is 0 Å². The molecule has 3 nitrogen and oxygen atoms in total. The average Bonchev–Trinajstić information content (AvgIpc) is 3.10. The molecule has 0 unspecified atom stereocenters. The van der Waals surface area contributed by atoms with E-state index in [1.54, 1.807) is 25.3 Å². The number of Topliss-reactive ketones (excluding diaryl/α,β-unsaturated/α-hetero) is 1. The number of ether oxygens (including phenoxy) is 1. The molecule has 3 heteroatoms. The van der Waals surface area contributed by atoms with E-state index in [1.807, 2.05) is 0 Å². The first kappa shape index (κ1) is 11.0. The van der Waals surface area contributed by atoms with Crippen LogP contribution in [0, 0.1) is 5.92 Å². The van der Waals surface area contributed by atoms with Crippen LogP contribution in [0.2, 0.25) is 0 Å². The van der Waals surface area contributed by atoms with Crippen LogP contribution in [0.1, 0.15) is 36.0 Å². The van der Waals surface area contributed by atoms with Gasteiger partial charge in [-0.15, -0.1) is 0 Å². The monoisotopic (exact) mass is 219 g/mol. The second-order valence-corrected chi connectivity index (χ2v) is 4.33. The van der Waals surface area contributed by atoms with Crippen molar-refractivity contribution in [2.45, 2.75) is 25.7 Å². The van der Waals surface area contributed by atoms with Crippen molar-refractivity contribution in [3.8, 4) is 5.75 Å². The van der Waals surface area contributed by atoms with Crippen LogP contribution >= 0.6 is 0 Å². The number of para-hydroxylation sites is 1. The Hall–Kier alpha value is -1.51. The number of ketones is 1. The first-order valence-corrected chi connectivity index (χ1v) is 5.68. The highest BCUT2D eigenvalue weighted by Crippen LogP contribution is 2.34. The Bertz CT molecular complexity index is 397. The number of hydrogen-bond donors (Lipinski definition) is 1. The van der Waals surface area contributed by atoms with E-state index in [4.69, 9.17) is 10.5 Å². The minimum absolute atomic E-state index is 0.128. The maximum absolute atomic E-state index is 11.9. The van der Waals surface area contributed by atoms with Gasteiger partial charge in [-0.2, -0.15) is 0 Å². The zero-order valence-electron chi connectivity index (χ0n) is 9.53. The van der Waals surface area contributed by atoms with Crippen LogP contribution in [-0.2, 0) is 0 Å². The topological polar surface area (TPSA) is 52.3 Å². The normalized spacial score (nSPS) is 14.8. The lowest BCUT2D eigenvalue weighted by molar-refractivity contribution is 0.0978. The number of hydrogen-bond acceptors (Lipinski definition) is 3. The van der Waals surface area contributed by atoms with Crippen molar-refractivity contribution in [2.75, 3.05) is 12.8 Å². The Kier molecular flexibility index (Phi) is 3.13. The van der Waals surface area contributed by atoms with Crippen molar-refractivity contribution >= 4 is 11.5 Å². The van der Waals surface area contributed by atoms with Gasteiger partial charge >= 0.3 is 0 Å². The van der Waals surface area contributed by atoms with E-state index >= 15 is 0 Å². The summed E-state index contributed by atoms with van der Waals surface area (Å²) in [6, 6.07) is 5.35. The molecule has 2 N–H and O–H groups in total. The Morgan fingerprint density at radius 3 is 2.88 bits per heavy atom. The van der Waals surface area contributed by atoms with E-state index in [1.165, 1.54) is 12.8 Å². The fraction of sp³-hybridized carbons (Fsp3) is 0.462. The average molecular weight is 219 g/mol. The van der Waals surface area contributed by atoms with Gasteiger partial charge in [0.2, 0.25) is 0 Å². The minimum atomic E-state index is 0.128. The lowest BCUT2D eigenvalue weighted by atomic mass is 10.0. The van der Waals surface area contributed by atoms with Crippen LogP contribution in [0.3, 0.4) is 0 Å². The smallest absolute Gasteiger partial charge is 0.165 e. The quantitative estimate of drug-likeness (QED) is 0.612. The van der Waals surface area contributed by atoms with Gasteiger partial charge in [0.1, 0.15) is 5.75 Å². The fourth-order valence-electron chi connectivity index (χ4n) is 1.84. The summed E-state index contributed by atoms with van der Waals surface area (Å²) in [6.07, 6.45) is 4.15. The molecule has 1 aromatic carbocycles. The van der Waals surface area contributed by atoms with Gasteiger partial charge in [-0.1, -0.05) is 18.9 Å². The van der Waals surface area contributed by atoms with Crippen LogP contribution in [0.4, 0.5) is 5.69 Å². The zero-order chi connectivity index (χ0) is 11.5. The predicted molar refractivity (Wildman–Crippen MR) is 63.7 cm³/mol. The lowest BCUT2D eigenvalue weighted by Crippen LogP contribution is -2.05. The minimum Gasteiger partial charge on any atom is -0.495 e. The third-order valence-electron chi connectivity index (χ3n) is 3.06.